The van der Waals surface area contributed by atoms with Crippen LogP contribution in [0, 0.1) is 6.92 Å². The topological polar surface area (TPSA) is 76.4 Å². The molecule has 0 amide bonds. The number of fused-ring (bicyclic) bond motifs is 1. The second-order valence-electron chi connectivity index (χ2n) is 4.46. The SMILES string of the molecule is Cc1nnc2ccc(S(=O)(=O)Nc3cccc(Cl)c3)cn12. The minimum atomic E-state index is -3.70. The molecule has 21 heavy (non-hydrogen) atoms. The van der Waals surface area contributed by atoms with Crippen LogP contribution in [0.1, 0.15) is 5.82 Å². The normalized spacial score (nSPS) is 11.7. The largest absolute Gasteiger partial charge is 0.285 e. The van der Waals surface area contributed by atoms with Crippen LogP contribution in [0.25, 0.3) is 5.65 Å². The van der Waals surface area contributed by atoms with Gasteiger partial charge in [0.05, 0.1) is 5.69 Å². The Morgan fingerprint density at radius 1 is 1.19 bits per heavy atom. The summed E-state index contributed by atoms with van der Waals surface area (Å²) in [5.74, 6) is 0.616. The maximum Gasteiger partial charge on any atom is 0.263 e. The highest BCUT2D eigenvalue weighted by Crippen LogP contribution is 2.20. The first-order valence-corrected chi connectivity index (χ1v) is 7.92. The van der Waals surface area contributed by atoms with Gasteiger partial charge in [0.15, 0.2) is 5.65 Å². The number of aryl methyl sites for hydroxylation is 1. The summed E-state index contributed by atoms with van der Waals surface area (Å²) in [4.78, 5) is 0.123. The van der Waals surface area contributed by atoms with Crippen LogP contribution in [0.4, 0.5) is 5.69 Å². The van der Waals surface area contributed by atoms with Gasteiger partial charge in [0.2, 0.25) is 0 Å². The van der Waals surface area contributed by atoms with Gasteiger partial charge in [-0.15, -0.1) is 10.2 Å². The quantitative estimate of drug-likeness (QED) is 0.803. The predicted octanol–water partition coefficient (Wildman–Crippen LogP) is 2.49. The number of nitrogens with zero attached hydrogens (tertiary/aromatic N) is 3. The van der Waals surface area contributed by atoms with E-state index in [4.69, 9.17) is 11.6 Å². The Morgan fingerprint density at radius 3 is 2.76 bits per heavy atom. The van der Waals surface area contributed by atoms with Crippen molar-refractivity contribution >= 4 is 33.0 Å². The van der Waals surface area contributed by atoms with Crippen molar-refractivity contribution in [3.8, 4) is 0 Å². The van der Waals surface area contributed by atoms with Gasteiger partial charge >= 0.3 is 0 Å². The number of rotatable bonds is 3. The van der Waals surface area contributed by atoms with Crippen LogP contribution >= 0.6 is 11.6 Å². The van der Waals surface area contributed by atoms with Gasteiger partial charge in [-0.25, -0.2) is 8.42 Å². The molecule has 0 spiro atoms. The Morgan fingerprint density at radius 2 is 2.00 bits per heavy atom. The van der Waals surface area contributed by atoms with Crippen molar-refractivity contribution in [1.82, 2.24) is 14.6 Å². The summed E-state index contributed by atoms with van der Waals surface area (Å²) in [6.07, 6.45) is 1.48. The van der Waals surface area contributed by atoms with Crippen LogP contribution in [0.2, 0.25) is 5.02 Å². The summed E-state index contributed by atoms with van der Waals surface area (Å²) in [5, 5.41) is 8.27. The average molecular weight is 323 g/mol. The second-order valence-corrected chi connectivity index (χ2v) is 6.57. The standard InChI is InChI=1S/C13H11ClN4O2S/c1-9-15-16-13-6-5-12(8-18(9)13)21(19,20)17-11-4-2-3-10(14)7-11/h2-8,17H,1H3. The molecule has 0 bridgehead atoms. The highest BCUT2D eigenvalue weighted by Gasteiger charge is 2.16. The van der Waals surface area contributed by atoms with E-state index >= 15 is 0 Å². The van der Waals surface area contributed by atoms with Crippen LogP contribution in [-0.4, -0.2) is 23.0 Å². The smallest absolute Gasteiger partial charge is 0.263 e. The van der Waals surface area contributed by atoms with Crippen molar-refractivity contribution in [2.24, 2.45) is 0 Å². The molecule has 0 fully saturated rings. The summed E-state index contributed by atoms with van der Waals surface area (Å²) in [6.45, 7) is 1.75. The Bertz CT molecular complexity index is 921. The summed E-state index contributed by atoms with van der Waals surface area (Å²) < 4.78 is 28.9. The van der Waals surface area contributed by atoms with Gasteiger partial charge in [-0.1, -0.05) is 17.7 Å². The van der Waals surface area contributed by atoms with Crippen LogP contribution in [-0.2, 0) is 10.0 Å². The van der Waals surface area contributed by atoms with E-state index in [-0.39, 0.29) is 4.90 Å². The molecule has 3 aromatic rings. The first-order chi connectivity index (χ1) is 9.95. The molecule has 108 valence electrons. The van der Waals surface area contributed by atoms with Gasteiger partial charge in [-0.3, -0.25) is 9.12 Å². The lowest BCUT2D eigenvalue weighted by Gasteiger charge is -2.08. The molecule has 0 aliphatic heterocycles. The lowest BCUT2D eigenvalue weighted by molar-refractivity contribution is 0.600. The van der Waals surface area contributed by atoms with Crippen molar-refractivity contribution < 1.29 is 8.42 Å². The Hall–Kier alpha value is -2.12. The Labute approximate surface area is 126 Å². The number of benzene rings is 1. The molecule has 0 atom stereocenters. The van der Waals surface area contributed by atoms with E-state index in [0.717, 1.165) is 0 Å². The van der Waals surface area contributed by atoms with Gasteiger partial charge in [0.1, 0.15) is 10.7 Å². The zero-order chi connectivity index (χ0) is 15.0. The van der Waals surface area contributed by atoms with Crippen LogP contribution in [0.3, 0.4) is 0 Å². The molecule has 8 heteroatoms. The van der Waals surface area contributed by atoms with Crippen molar-refractivity contribution in [3.63, 3.8) is 0 Å². The number of nitrogens with one attached hydrogen (secondary N) is 1. The van der Waals surface area contributed by atoms with E-state index in [9.17, 15) is 8.42 Å². The third-order valence-electron chi connectivity index (χ3n) is 2.93. The number of hydrogen-bond acceptors (Lipinski definition) is 4. The Kier molecular flexibility index (Phi) is 3.30. The third kappa shape index (κ3) is 2.70. The highest BCUT2D eigenvalue weighted by atomic mass is 35.5. The molecule has 2 aromatic heterocycles. The predicted molar refractivity (Wildman–Crippen MR) is 80.0 cm³/mol. The number of halogens is 1. The first kappa shape index (κ1) is 13.8. The van der Waals surface area contributed by atoms with Gasteiger partial charge in [0, 0.05) is 11.2 Å². The molecular formula is C13H11ClN4O2S. The van der Waals surface area contributed by atoms with Gasteiger partial charge in [0.25, 0.3) is 10.0 Å². The van der Waals surface area contributed by atoms with E-state index < -0.39 is 10.0 Å². The Balaban J connectivity index is 2.01. The fraction of sp³-hybridized carbons (Fsp3) is 0.0769. The summed E-state index contributed by atoms with van der Waals surface area (Å²) in [5.41, 5.74) is 0.997. The molecule has 6 nitrogen and oxygen atoms in total. The molecule has 2 heterocycles. The van der Waals surface area contributed by atoms with Crippen LogP contribution in [0.15, 0.2) is 47.5 Å². The molecule has 0 aliphatic rings. The summed E-state index contributed by atoms with van der Waals surface area (Å²) >= 11 is 5.85. The van der Waals surface area contributed by atoms with Gasteiger partial charge in [-0.2, -0.15) is 0 Å². The number of sulfonamides is 1. The van der Waals surface area contributed by atoms with Crippen molar-refractivity contribution in [3.05, 3.63) is 53.4 Å². The molecule has 1 N–H and O–H groups in total. The fourth-order valence-electron chi connectivity index (χ4n) is 1.91. The maximum atomic E-state index is 12.4. The average Bonchev–Trinajstić information content (AvgIpc) is 2.79. The van der Waals surface area contributed by atoms with Crippen LogP contribution < -0.4 is 4.72 Å². The zero-order valence-corrected chi connectivity index (χ0v) is 12.6. The highest BCUT2D eigenvalue weighted by molar-refractivity contribution is 7.92. The van der Waals surface area contributed by atoms with Crippen molar-refractivity contribution in [2.75, 3.05) is 4.72 Å². The number of aromatic nitrogens is 3. The fourth-order valence-corrected chi connectivity index (χ4v) is 3.15. The molecule has 0 saturated carbocycles. The van der Waals surface area contributed by atoms with Crippen LogP contribution in [0.5, 0.6) is 0 Å². The molecule has 0 saturated heterocycles. The van der Waals surface area contributed by atoms with E-state index in [2.05, 4.69) is 14.9 Å². The number of hydrogen-bond donors (Lipinski definition) is 1. The zero-order valence-electron chi connectivity index (χ0n) is 11.0. The first-order valence-electron chi connectivity index (χ1n) is 6.05. The lowest BCUT2D eigenvalue weighted by Crippen LogP contribution is -2.13. The maximum absolute atomic E-state index is 12.4. The van der Waals surface area contributed by atoms with E-state index in [0.29, 0.717) is 22.2 Å². The number of anilines is 1. The minimum Gasteiger partial charge on any atom is -0.285 e. The molecule has 0 unspecified atom stereocenters. The molecule has 3 rings (SSSR count). The van der Waals surface area contributed by atoms with E-state index in [1.807, 2.05) is 0 Å². The molecule has 0 aliphatic carbocycles. The summed E-state index contributed by atoms with van der Waals surface area (Å²) in [7, 11) is -3.70. The van der Waals surface area contributed by atoms with Crippen molar-refractivity contribution in [1.29, 1.82) is 0 Å². The monoisotopic (exact) mass is 322 g/mol. The van der Waals surface area contributed by atoms with E-state index in [1.54, 1.807) is 41.7 Å². The molecule has 1 aromatic carbocycles. The second kappa shape index (κ2) is 5.01. The lowest BCUT2D eigenvalue weighted by atomic mass is 10.3. The van der Waals surface area contributed by atoms with Crippen molar-refractivity contribution in [2.45, 2.75) is 11.8 Å². The third-order valence-corrected chi connectivity index (χ3v) is 4.53. The van der Waals surface area contributed by atoms with Gasteiger partial charge in [-0.05, 0) is 37.3 Å². The molecule has 0 radical (unpaired) electrons. The van der Waals surface area contributed by atoms with E-state index in [1.165, 1.54) is 12.3 Å². The van der Waals surface area contributed by atoms with Gasteiger partial charge < -0.3 is 0 Å². The molecular weight excluding hydrogens is 312 g/mol. The number of pyridine rings is 1. The minimum absolute atomic E-state index is 0.123. The summed E-state index contributed by atoms with van der Waals surface area (Å²) in [6, 6.07) is 9.61.